The molecule has 124 valence electrons. The summed E-state index contributed by atoms with van der Waals surface area (Å²) < 4.78 is 5.38. The summed E-state index contributed by atoms with van der Waals surface area (Å²) in [5.41, 5.74) is 0.500. The standard InChI is InChI=1S/C15H16N6O2S/c1-9-12(16-14(24-9)11-5-3-7-23-11)15(22)21-6-2-4-10(8-21)13-17-19-20-18-13/h3,5,7,10H,2,4,6,8H2,1H3,(H,17,18,19,20)/t10-/m1/s1. The second-order valence-electron chi connectivity index (χ2n) is 5.76. The number of furan rings is 1. The van der Waals surface area contributed by atoms with Crippen molar-refractivity contribution in [2.45, 2.75) is 25.7 Å². The first-order chi connectivity index (χ1) is 11.7. The van der Waals surface area contributed by atoms with E-state index in [0.717, 1.165) is 29.3 Å². The lowest BCUT2D eigenvalue weighted by Gasteiger charge is -2.30. The molecule has 1 amide bonds. The molecule has 0 spiro atoms. The molecule has 1 atom stereocenters. The van der Waals surface area contributed by atoms with E-state index in [-0.39, 0.29) is 11.8 Å². The van der Waals surface area contributed by atoms with Crippen LogP contribution in [0.5, 0.6) is 0 Å². The molecule has 3 aromatic rings. The molecule has 3 aromatic heterocycles. The summed E-state index contributed by atoms with van der Waals surface area (Å²) in [6, 6.07) is 3.66. The van der Waals surface area contributed by atoms with E-state index in [4.69, 9.17) is 4.42 Å². The Labute approximate surface area is 141 Å². The predicted octanol–water partition coefficient (Wildman–Crippen LogP) is 2.24. The van der Waals surface area contributed by atoms with Crippen molar-refractivity contribution in [3.05, 3.63) is 34.8 Å². The van der Waals surface area contributed by atoms with Crippen molar-refractivity contribution in [2.24, 2.45) is 0 Å². The Morgan fingerprint density at radius 1 is 1.50 bits per heavy atom. The zero-order valence-corrected chi connectivity index (χ0v) is 13.9. The zero-order chi connectivity index (χ0) is 16.5. The van der Waals surface area contributed by atoms with Crippen molar-refractivity contribution < 1.29 is 9.21 Å². The van der Waals surface area contributed by atoms with Crippen molar-refractivity contribution >= 4 is 17.2 Å². The van der Waals surface area contributed by atoms with Gasteiger partial charge in [-0.15, -0.1) is 21.5 Å². The van der Waals surface area contributed by atoms with Gasteiger partial charge in [0.05, 0.1) is 6.26 Å². The van der Waals surface area contributed by atoms with Gasteiger partial charge in [0.2, 0.25) is 0 Å². The van der Waals surface area contributed by atoms with Gasteiger partial charge in [-0.1, -0.05) is 5.21 Å². The molecule has 0 radical (unpaired) electrons. The lowest BCUT2D eigenvalue weighted by molar-refractivity contribution is 0.0698. The third kappa shape index (κ3) is 2.71. The van der Waals surface area contributed by atoms with Gasteiger partial charge < -0.3 is 9.32 Å². The topological polar surface area (TPSA) is 101 Å². The van der Waals surface area contributed by atoms with Gasteiger partial charge >= 0.3 is 0 Å². The van der Waals surface area contributed by atoms with E-state index in [1.54, 1.807) is 6.26 Å². The van der Waals surface area contributed by atoms with Crippen molar-refractivity contribution in [3.63, 3.8) is 0 Å². The molecule has 0 unspecified atom stereocenters. The second kappa shape index (κ2) is 6.16. The maximum atomic E-state index is 12.9. The summed E-state index contributed by atoms with van der Waals surface area (Å²) in [7, 11) is 0. The first-order valence-electron chi connectivity index (χ1n) is 7.76. The minimum absolute atomic E-state index is 0.0465. The largest absolute Gasteiger partial charge is 0.462 e. The van der Waals surface area contributed by atoms with Crippen LogP contribution in [0, 0.1) is 6.92 Å². The van der Waals surface area contributed by atoms with Crippen LogP contribution in [0.2, 0.25) is 0 Å². The summed E-state index contributed by atoms with van der Waals surface area (Å²) in [6.45, 7) is 3.23. The van der Waals surface area contributed by atoms with Gasteiger partial charge in [-0.05, 0) is 31.9 Å². The zero-order valence-electron chi connectivity index (χ0n) is 13.1. The number of carbonyl (C=O) groups is 1. The summed E-state index contributed by atoms with van der Waals surface area (Å²) in [6.07, 6.45) is 3.48. The maximum absolute atomic E-state index is 12.9. The van der Waals surface area contributed by atoms with Gasteiger partial charge in [-0.2, -0.15) is 5.21 Å². The summed E-state index contributed by atoms with van der Waals surface area (Å²) >= 11 is 1.47. The molecule has 1 fully saturated rings. The first-order valence-corrected chi connectivity index (χ1v) is 8.58. The summed E-state index contributed by atoms with van der Waals surface area (Å²) in [5, 5.41) is 14.9. The number of H-pyrrole nitrogens is 1. The number of piperidine rings is 1. The lowest BCUT2D eigenvalue weighted by atomic mass is 9.97. The molecule has 24 heavy (non-hydrogen) atoms. The number of nitrogens with one attached hydrogen (secondary N) is 1. The molecular formula is C15H16N6O2S. The molecular weight excluding hydrogens is 328 g/mol. The smallest absolute Gasteiger partial charge is 0.273 e. The highest BCUT2D eigenvalue weighted by Gasteiger charge is 2.30. The number of hydrogen-bond acceptors (Lipinski definition) is 7. The van der Waals surface area contributed by atoms with Crippen LogP contribution in [-0.2, 0) is 0 Å². The third-order valence-corrected chi connectivity index (χ3v) is 5.15. The maximum Gasteiger partial charge on any atom is 0.273 e. The van der Waals surface area contributed by atoms with Gasteiger partial charge in [0, 0.05) is 23.9 Å². The summed E-state index contributed by atoms with van der Waals surface area (Å²) in [4.78, 5) is 20.1. The number of aromatic nitrogens is 5. The second-order valence-corrected chi connectivity index (χ2v) is 6.96. The number of amides is 1. The molecule has 1 aliphatic heterocycles. The number of aryl methyl sites for hydroxylation is 1. The van der Waals surface area contributed by atoms with Crippen molar-refractivity contribution in [1.82, 2.24) is 30.5 Å². The van der Waals surface area contributed by atoms with E-state index in [9.17, 15) is 4.79 Å². The fraction of sp³-hybridized carbons (Fsp3) is 0.400. The van der Waals surface area contributed by atoms with E-state index in [1.807, 2.05) is 24.0 Å². The van der Waals surface area contributed by atoms with Gasteiger partial charge in [-0.25, -0.2) is 4.98 Å². The highest BCUT2D eigenvalue weighted by atomic mass is 32.1. The molecule has 0 saturated carbocycles. The number of likely N-dealkylation sites (tertiary alicyclic amines) is 1. The number of hydrogen-bond donors (Lipinski definition) is 1. The molecule has 4 rings (SSSR count). The number of nitrogens with zero attached hydrogens (tertiary/aromatic N) is 5. The Morgan fingerprint density at radius 2 is 2.42 bits per heavy atom. The number of aromatic amines is 1. The predicted molar refractivity (Wildman–Crippen MR) is 86.6 cm³/mol. The number of thiazole rings is 1. The molecule has 0 aromatic carbocycles. The Bertz CT molecular complexity index is 826. The van der Waals surface area contributed by atoms with Crippen LogP contribution in [-0.4, -0.2) is 49.5 Å². The molecule has 4 heterocycles. The molecule has 1 aliphatic rings. The number of tetrazole rings is 1. The van der Waals surface area contributed by atoms with Gasteiger partial charge in [0.15, 0.2) is 16.6 Å². The SMILES string of the molecule is Cc1sc(-c2ccco2)nc1C(=O)N1CCC[C@@H](c2nn[nH]n2)C1. The monoisotopic (exact) mass is 344 g/mol. The molecule has 1 saturated heterocycles. The molecule has 1 N–H and O–H groups in total. The van der Waals surface area contributed by atoms with Crippen LogP contribution in [0.1, 0.15) is 39.9 Å². The van der Waals surface area contributed by atoms with Gasteiger partial charge in [0.1, 0.15) is 5.69 Å². The van der Waals surface area contributed by atoms with Crippen molar-refractivity contribution in [2.75, 3.05) is 13.1 Å². The highest BCUT2D eigenvalue weighted by Crippen LogP contribution is 2.30. The van der Waals surface area contributed by atoms with Crippen molar-refractivity contribution in [1.29, 1.82) is 0 Å². The van der Waals surface area contributed by atoms with Crippen LogP contribution >= 0.6 is 11.3 Å². The van der Waals surface area contributed by atoms with Crippen LogP contribution in [0.4, 0.5) is 0 Å². The van der Waals surface area contributed by atoms with Crippen LogP contribution in [0.3, 0.4) is 0 Å². The van der Waals surface area contributed by atoms with E-state index < -0.39 is 0 Å². The minimum atomic E-state index is -0.0465. The average molecular weight is 344 g/mol. The van der Waals surface area contributed by atoms with E-state index in [1.165, 1.54) is 11.3 Å². The molecule has 9 heteroatoms. The van der Waals surface area contributed by atoms with E-state index in [0.29, 0.717) is 23.8 Å². The average Bonchev–Trinajstić information content (AvgIpc) is 3.35. The summed E-state index contributed by atoms with van der Waals surface area (Å²) in [5.74, 6) is 1.42. The molecule has 8 nitrogen and oxygen atoms in total. The van der Waals surface area contributed by atoms with Crippen LogP contribution < -0.4 is 0 Å². The Morgan fingerprint density at radius 3 is 3.17 bits per heavy atom. The van der Waals surface area contributed by atoms with Crippen LogP contribution in [0.25, 0.3) is 10.8 Å². The van der Waals surface area contributed by atoms with Crippen LogP contribution in [0.15, 0.2) is 22.8 Å². The lowest BCUT2D eigenvalue weighted by Crippen LogP contribution is -2.39. The van der Waals surface area contributed by atoms with Crippen molar-refractivity contribution in [3.8, 4) is 10.8 Å². The fourth-order valence-electron chi connectivity index (χ4n) is 2.97. The fourth-order valence-corrected chi connectivity index (χ4v) is 3.84. The molecule has 0 bridgehead atoms. The third-order valence-electron chi connectivity index (χ3n) is 4.17. The Kier molecular flexibility index (Phi) is 3.85. The van der Waals surface area contributed by atoms with E-state index in [2.05, 4.69) is 25.6 Å². The number of rotatable bonds is 3. The highest BCUT2D eigenvalue weighted by molar-refractivity contribution is 7.15. The molecule has 0 aliphatic carbocycles. The number of carbonyl (C=O) groups excluding carboxylic acids is 1. The van der Waals surface area contributed by atoms with Gasteiger partial charge in [0.25, 0.3) is 5.91 Å². The Balaban J connectivity index is 1.55. The van der Waals surface area contributed by atoms with E-state index >= 15 is 0 Å². The first kappa shape index (κ1) is 15.0. The van der Waals surface area contributed by atoms with Gasteiger partial charge in [-0.3, -0.25) is 4.79 Å². The quantitative estimate of drug-likeness (QED) is 0.782. The Hall–Kier alpha value is -2.55. The normalized spacial score (nSPS) is 18.0. The minimum Gasteiger partial charge on any atom is -0.462 e.